The van der Waals surface area contributed by atoms with E-state index in [-0.39, 0.29) is 5.91 Å². The van der Waals surface area contributed by atoms with Gasteiger partial charge in [-0.1, -0.05) is 6.07 Å². The van der Waals surface area contributed by atoms with Crippen LogP contribution in [0.1, 0.15) is 32.1 Å². The summed E-state index contributed by atoms with van der Waals surface area (Å²) in [6, 6.07) is 2.84. The first kappa shape index (κ1) is 15.0. The van der Waals surface area contributed by atoms with Gasteiger partial charge < -0.3 is 4.90 Å². The Morgan fingerprint density at radius 2 is 1.90 bits per heavy atom. The van der Waals surface area contributed by atoms with E-state index in [2.05, 4.69) is 0 Å². The zero-order chi connectivity index (χ0) is 14.9. The predicted octanol–water partition coefficient (Wildman–Crippen LogP) is 1.91. The number of nitrogens with zero attached hydrogens (tertiary/aromatic N) is 2. The van der Waals surface area contributed by atoms with Crippen molar-refractivity contribution in [2.75, 3.05) is 19.6 Å². The lowest BCUT2D eigenvalue weighted by atomic mass is 10.1. The van der Waals surface area contributed by atoms with E-state index in [9.17, 15) is 13.2 Å². The maximum atomic E-state index is 12.7. The minimum absolute atomic E-state index is 0.00710. The lowest BCUT2D eigenvalue weighted by molar-refractivity contribution is -0.135. The van der Waals surface area contributed by atoms with Gasteiger partial charge in [-0.05, 0) is 43.6 Å². The zero-order valence-electron chi connectivity index (χ0n) is 11.9. The molecular weight excluding hydrogens is 308 g/mol. The van der Waals surface area contributed by atoms with Crippen molar-refractivity contribution < 1.29 is 13.2 Å². The quantitative estimate of drug-likeness (QED) is 0.852. The second-order valence-corrected chi connectivity index (χ2v) is 8.66. The van der Waals surface area contributed by atoms with Crippen LogP contribution >= 0.6 is 11.3 Å². The molecule has 1 aromatic heterocycles. The topological polar surface area (TPSA) is 57.7 Å². The second kappa shape index (κ2) is 6.06. The third-order valence-corrected chi connectivity index (χ3v) is 7.50. The fourth-order valence-electron chi connectivity index (χ4n) is 3.13. The molecule has 0 aliphatic carbocycles. The number of hydrogen-bond acceptors (Lipinski definition) is 4. The molecule has 2 fully saturated rings. The Bertz CT molecular complexity index is 592. The van der Waals surface area contributed by atoms with Crippen molar-refractivity contribution in [2.24, 2.45) is 0 Å². The lowest BCUT2D eigenvalue weighted by Crippen LogP contribution is -2.49. The fourth-order valence-corrected chi connectivity index (χ4v) is 5.90. The van der Waals surface area contributed by atoms with E-state index in [1.807, 2.05) is 4.90 Å². The Morgan fingerprint density at radius 1 is 1.14 bits per heavy atom. The molecule has 1 amide bonds. The second-order valence-electron chi connectivity index (χ2n) is 5.59. The first-order valence-electron chi connectivity index (χ1n) is 7.45. The normalized spacial score (nSPS) is 24.4. The van der Waals surface area contributed by atoms with E-state index in [4.69, 9.17) is 0 Å². The molecule has 21 heavy (non-hydrogen) atoms. The molecule has 3 heterocycles. The van der Waals surface area contributed by atoms with Gasteiger partial charge in [0.25, 0.3) is 10.0 Å². The van der Waals surface area contributed by atoms with Gasteiger partial charge in [0.1, 0.15) is 10.3 Å². The van der Waals surface area contributed by atoms with Crippen LogP contribution in [0.3, 0.4) is 0 Å². The van der Waals surface area contributed by atoms with Crippen molar-refractivity contribution in [1.29, 1.82) is 0 Å². The first-order chi connectivity index (χ1) is 10.1. The van der Waals surface area contributed by atoms with Crippen LogP contribution in [0.25, 0.3) is 0 Å². The molecule has 1 atom stereocenters. The Kier molecular flexibility index (Phi) is 4.33. The molecule has 2 saturated heterocycles. The minimum Gasteiger partial charge on any atom is -0.341 e. The maximum absolute atomic E-state index is 12.7. The highest BCUT2D eigenvalue weighted by Crippen LogP contribution is 2.29. The van der Waals surface area contributed by atoms with Crippen LogP contribution in [-0.2, 0) is 14.8 Å². The molecule has 0 aromatic carbocycles. The molecule has 7 heteroatoms. The van der Waals surface area contributed by atoms with E-state index >= 15 is 0 Å². The standard InChI is InChI=1S/C14H20N2O3S2/c17-14(15-8-2-1-3-9-15)12-6-4-10-16(12)21(18,19)13-7-5-11-20-13/h5,7,11-12H,1-4,6,8-10H2. The van der Waals surface area contributed by atoms with Gasteiger partial charge in [-0.3, -0.25) is 4.79 Å². The highest BCUT2D eigenvalue weighted by Gasteiger charge is 2.41. The number of amides is 1. The Morgan fingerprint density at radius 3 is 2.57 bits per heavy atom. The summed E-state index contributed by atoms with van der Waals surface area (Å²) in [7, 11) is -3.52. The summed E-state index contributed by atoms with van der Waals surface area (Å²) in [4.78, 5) is 14.5. The number of hydrogen-bond donors (Lipinski definition) is 0. The summed E-state index contributed by atoms with van der Waals surface area (Å²) in [5, 5.41) is 1.75. The molecule has 1 aromatic rings. The van der Waals surface area contributed by atoms with Crippen molar-refractivity contribution in [2.45, 2.75) is 42.4 Å². The Hall–Kier alpha value is -0.920. The average Bonchev–Trinajstić information content (AvgIpc) is 3.19. The van der Waals surface area contributed by atoms with Crippen LogP contribution in [0.4, 0.5) is 0 Å². The molecule has 3 rings (SSSR count). The monoisotopic (exact) mass is 328 g/mol. The van der Waals surface area contributed by atoms with Gasteiger partial charge in [-0.2, -0.15) is 4.31 Å². The van der Waals surface area contributed by atoms with E-state index in [1.165, 1.54) is 15.6 Å². The van der Waals surface area contributed by atoms with Crippen molar-refractivity contribution in [1.82, 2.24) is 9.21 Å². The molecule has 2 aliphatic rings. The van der Waals surface area contributed by atoms with E-state index in [1.54, 1.807) is 17.5 Å². The number of carbonyl (C=O) groups is 1. The predicted molar refractivity (Wildman–Crippen MR) is 81.7 cm³/mol. The highest BCUT2D eigenvalue weighted by molar-refractivity contribution is 7.91. The van der Waals surface area contributed by atoms with Crippen molar-refractivity contribution in [3.05, 3.63) is 17.5 Å². The Labute approximate surface area is 129 Å². The third kappa shape index (κ3) is 2.86. The highest BCUT2D eigenvalue weighted by atomic mass is 32.2. The molecule has 116 valence electrons. The molecule has 0 N–H and O–H groups in total. The van der Waals surface area contributed by atoms with Crippen molar-refractivity contribution in [3.63, 3.8) is 0 Å². The number of likely N-dealkylation sites (tertiary alicyclic amines) is 1. The van der Waals surface area contributed by atoms with Gasteiger partial charge in [0, 0.05) is 19.6 Å². The number of sulfonamides is 1. The summed E-state index contributed by atoms with van der Waals surface area (Å²) < 4.78 is 27.1. The van der Waals surface area contributed by atoms with Crippen LogP contribution < -0.4 is 0 Å². The van der Waals surface area contributed by atoms with Gasteiger partial charge in [0.2, 0.25) is 5.91 Å². The maximum Gasteiger partial charge on any atom is 0.253 e. The molecule has 0 saturated carbocycles. The molecule has 1 unspecified atom stereocenters. The summed E-state index contributed by atoms with van der Waals surface area (Å²) in [5.74, 6) is -0.00710. The van der Waals surface area contributed by atoms with Crippen molar-refractivity contribution in [3.8, 4) is 0 Å². The molecule has 0 spiro atoms. The molecule has 0 radical (unpaired) electrons. The molecular formula is C14H20N2O3S2. The van der Waals surface area contributed by atoms with Gasteiger partial charge in [-0.25, -0.2) is 8.42 Å². The van der Waals surface area contributed by atoms with E-state index < -0.39 is 16.1 Å². The lowest BCUT2D eigenvalue weighted by Gasteiger charge is -2.32. The van der Waals surface area contributed by atoms with Gasteiger partial charge >= 0.3 is 0 Å². The van der Waals surface area contributed by atoms with Crippen LogP contribution in [0.5, 0.6) is 0 Å². The first-order valence-corrected chi connectivity index (χ1v) is 9.77. The molecule has 0 bridgehead atoms. The average molecular weight is 328 g/mol. The zero-order valence-corrected chi connectivity index (χ0v) is 13.5. The van der Waals surface area contributed by atoms with Crippen LogP contribution in [0, 0.1) is 0 Å². The minimum atomic E-state index is -3.52. The molecule has 2 aliphatic heterocycles. The summed E-state index contributed by atoms with van der Waals surface area (Å²) in [6.45, 7) is 1.98. The van der Waals surface area contributed by atoms with Crippen molar-refractivity contribution >= 4 is 27.3 Å². The number of carbonyl (C=O) groups excluding carboxylic acids is 1. The van der Waals surface area contributed by atoms with Crippen LogP contribution in [-0.4, -0.2) is 49.2 Å². The van der Waals surface area contributed by atoms with E-state index in [0.717, 1.165) is 38.8 Å². The smallest absolute Gasteiger partial charge is 0.253 e. The SMILES string of the molecule is O=C(C1CCCN1S(=O)(=O)c1cccs1)N1CCCCC1. The third-order valence-electron chi connectivity index (χ3n) is 4.21. The summed E-state index contributed by atoms with van der Waals surface area (Å²) in [6.07, 6.45) is 4.60. The van der Waals surface area contributed by atoms with E-state index in [0.29, 0.717) is 17.2 Å². The number of thiophene rings is 1. The fraction of sp³-hybridized carbons (Fsp3) is 0.643. The number of piperidine rings is 1. The summed E-state index contributed by atoms with van der Waals surface area (Å²) >= 11 is 1.21. The van der Waals surface area contributed by atoms with Crippen LogP contribution in [0.15, 0.2) is 21.7 Å². The molecule has 5 nitrogen and oxygen atoms in total. The van der Waals surface area contributed by atoms with Gasteiger partial charge in [0.15, 0.2) is 0 Å². The van der Waals surface area contributed by atoms with Crippen LogP contribution in [0.2, 0.25) is 0 Å². The number of rotatable bonds is 3. The largest absolute Gasteiger partial charge is 0.341 e. The summed E-state index contributed by atoms with van der Waals surface area (Å²) in [5.41, 5.74) is 0. The van der Waals surface area contributed by atoms with Gasteiger partial charge in [0.05, 0.1) is 0 Å². The van der Waals surface area contributed by atoms with Gasteiger partial charge in [-0.15, -0.1) is 11.3 Å². The Balaban J connectivity index is 1.81.